The number of hydrogen-bond acceptors (Lipinski definition) is 6. The van der Waals surface area contributed by atoms with Crippen molar-refractivity contribution in [1.82, 2.24) is 9.88 Å². The first-order valence-electron chi connectivity index (χ1n) is 11.3. The number of pyridine rings is 1. The van der Waals surface area contributed by atoms with Crippen LogP contribution < -0.4 is 20.3 Å². The van der Waals surface area contributed by atoms with Gasteiger partial charge >= 0.3 is 0 Å². The van der Waals surface area contributed by atoms with Gasteiger partial charge in [-0.05, 0) is 25.0 Å². The summed E-state index contributed by atoms with van der Waals surface area (Å²) >= 11 is 1.29. The predicted molar refractivity (Wildman–Crippen MR) is 133 cm³/mol. The fraction of sp³-hybridized carbons (Fsp3) is 0.308. The summed E-state index contributed by atoms with van der Waals surface area (Å²) in [4.78, 5) is 27.1. The molecule has 4 aromatic rings. The lowest BCUT2D eigenvalue weighted by Crippen LogP contribution is -2.24. The van der Waals surface area contributed by atoms with Crippen LogP contribution in [0.5, 0.6) is 11.5 Å². The summed E-state index contributed by atoms with van der Waals surface area (Å²) < 4.78 is 19.6. The molecule has 1 N–H and O–H groups in total. The maximum atomic E-state index is 13.4. The van der Waals surface area contributed by atoms with Crippen molar-refractivity contribution in [3.05, 3.63) is 69.3 Å². The molecule has 3 heterocycles. The Balaban J connectivity index is 1.57. The van der Waals surface area contributed by atoms with Gasteiger partial charge in [-0.2, -0.15) is 0 Å². The number of amides is 1. The molecule has 1 unspecified atom stereocenters. The van der Waals surface area contributed by atoms with E-state index in [1.54, 1.807) is 18.7 Å². The minimum Gasteiger partial charge on any atom is -0.496 e. The van der Waals surface area contributed by atoms with Gasteiger partial charge in [0.25, 0.3) is 11.5 Å². The second-order valence-electron chi connectivity index (χ2n) is 8.29. The van der Waals surface area contributed by atoms with Crippen LogP contribution in [0.25, 0.3) is 21.0 Å². The SMILES string of the molecule is COc1ccccc1CNC(=O)c1sc2c(c1OCC1CCCO1)c(=O)n(C)c1ccccc21. The number of methoxy groups -OCH3 is 1. The number of ether oxygens (including phenoxy) is 3. The summed E-state index contributed by atoms with van der Waals surface area (Å²) in [6, 6.07) is 15.2. The Kier molecular flexibility index (Phi) is 6.26. The first-order valence-corrected chi connectivity index (χ1v) is 12.1. The van der Waals surface area contributed by atoms with E-state index in [0.717, 1.165) is 34.0 Å². The normalized spacial score (nSPS) is 15.6. The van der Waals surface area contributed by atoms with E-state index < -0.39 is 0 Å². The van der Waals surface area contributed by atoms with Crippen molar-refractivity contribution in [3.8, 4) is 11.5 Å². The topological polar surface area (TPSA) is 78.8 Å². The van der Waals surface area contributed by atoms with Gasteiger partial charge in [0, 0.05) is 31.1 Å². The van der Waals surface area contributed by atoms with Crippen molar-refractivity contribution in [2.45, 2.75) is 25.5 Å². The number of rotatable bonds is 7. The largest absolute Gasteiger partial charge is 0.496 e. The van der Waals surface area contributed by atoms with E-state index in [2.05, 4.69) is 5.32 Å². The molecule has 0 radical (unpaired) electrons. The van der Waals surface area contributed by atoms with Crippen LogP contribution in [-0.4, -0.2) is 36.9 Å². The molecule has 0 saturated carbocycles. The van der Waals surface area contributed by atoms with Crippen LogP contribution in [0.2, 0.25) is 0 Å². The fourth-order valence-corrected chi connectivity index (χ4v) is 5.57. The molecule has 176 valence electrons. The van der Waals surface area contributed by atoms with Crippen molar-refractivity contribution in [2.75, 3.05) is 20.3 Å². The van der Waals surface area contributed by atoms with Crippen LogP contribution >= 0.6 is 11.3 Å². The molecule has 2 aromatic heterocycles. The number of hydrogen-bond donors (Lipinski definition) is 1. The van der Waals surface area contributed by atoms with E-state index in [0.29, 0.717) is 41.5 Å². The van der Waals surface area contributed by atoms with Crippen molar-refractivity contribution in [1.29, 1.82) is 0 Å². The molecule has 0 aliphatic carbocycles. The van der Waals surface area contributed by atoms with E-state index in [4.69, 9.17) is 14.2 Å². The van der Waals surface area contributed by atoms with Crippen LogP contribution in [0, 0.1) is 0 Å². The average Bonchev–Trinajstić information content (AvgIpc) is 3.53. The summed E-state index contributed by atoms with van der Waals surface area (Å²) in [7, 11) is 3.34. The van der Waals surface area contributed by atoms with E-state index in [1.807, 2.05) is 48.5 Å². The lowest BCUT2D eigenvalue weighted by molar-refractivity contribution is 0.0678. The van der Waals surface area contributed by atoms with E-state index in [-0.39, 0.29) is 17.6 Å². The molecular formula is C26H26N2O5S. The van der Waals surface area contributed by atoms with Crippen molar-refractivity contribution in [2.24, 2.45) is 7.05 Å². The highest BCUT2D eigenvalue weighted by Crippen LogP contribution is 2.40. The van der Waals surface area contributed by atoms with Gasteiger partial charge in [-0.3, -0.25) is 9.59 Å². The van der Waals surface area contributed by atoms with Gasteiger partial charge in [-0.15, -0.1) is 11.3 Å². The number of fused-ring (bicyclic) bond motifs is 3. The monoisotopic (exact) mass is 478 g/mol. The molecule has 1 fully saturated rings. The van der Waals surface area contributed by atoms with E-state index in [9.17, 15) is 9.59 Å². The number of benzene rings is 2. The maximum absolute atomic E-state index is 13.4. The van der Waals surface area contributed by atoms with Gasteiger partial charge in [0.1, 0.15) is 22.6 Å². The van der Waals surface area contributed by atoms with Crippen LogP contribution in [0.4, 0.5) is 0 Å². The summed E-state index contributed by atoms with van der Waals surface area (Å²) in [5, 5.41) is 4.32. The first-order chi connectivity index (χ1) is 16.6. The highest BCUT2D eigenvalue weighted by atomic mass is 32.1. The molecular weight excluding hydrogens is 452 g/mol. The van der Waals surface area contributed by atoms with E-state index in [1.165, 1.54) is 11.3 Å². The lowest BCUT2D eigenvalue weighted by atomic mass is 10.1. The second-order valence-corrected chi connectivity index (χ2v) is 9.31. The van der Waals surface area contributed by atoms with Crippen LogP contribution in [-0.2, 0) is 18.3 Å². The van der Waals surface area contributed by atoms with Crippen LogP contribution in [0.3, 0.4) is 0 Å². The molecule has 2 aromatic carbocycles. The minimum atomic E-state index is -0.291. The molecule has 1 aliphatic heterocycles. The van der Waals surface area contributed by atoms with Crippen LogP contribution in [0.15, 0.2) is 53.3 Å². The number of nitrogens with zero attached hydrogens (tertiary/aromatic N) is 1. The third-order valence-corrected chi connectivity index (χ3v) is 7.37. The fourth-order valence-electron chi connectivity index (χ4n) is 4.38. The van der Waals surface area contributed by atoms with Gasteiger partial charge in [0.2, 0.25) is 0 Å². The summed E-state index contributed by atoms with van der Waals surface area (Å²) in [5.41, 5.74) is 1.49. The quantitative estimate of drug-likeness (QED) is 0.430. The zero-order valence-corrected chi connectivity index (χ0v) is 19.9. The number of para-hydroxylation sites is 2. The Morgan fingerprint density at radius 2 is 2.00 bits per heavy atom. The van der Waals surface area contributed by atoms with Gasteiger partial charge in [0.05, 0.1) is 23.4 Å². The molecule has 1 amide bonds. The number of nitrogens with one attached hydrogen (secondary N) is 1. The van der Waals surface area contributed by atoms with Crippen molar-refractivity contribution >= 4 is 38.2 Å². The smallest absolute Gasteiger partial charge is 0.265 e. The lowest BCUT2D eigenvalue weighted by Gasteiger charge is -2.13. The molecule has 1 saturated heterocycles. The van der Waals surface area contributed by atoms with Gasteiger partial charge in [0.15, 0.2) is 5.75 Å². The Labute approximate surface area is 200 Å². The predicted octanol–water partition coefficient (Wildman–Crippen LogP) is 4.25. The zero-order valence-electron chi connectivity index (χ0n) is 19.1. The molecule has 7 nitrogen and oxygen atoms in total. The molecule has 0 spiro atoms. The Morgan fingerprint density at radius 3 is 2.79 bits per heavy atom. The third-order valence-electron chi connectivity index (χ3n) is 6.17. The molecule has 34 heavy (non-hydrogen) atoms. The highest BCUT2D eigenvalue weighted by Gasteiger charge is 2.26. The standard InChI is InChI=1S/C26H26N2O5S/c1-28-19-11-5-4-10-18(19)23-21(26(28)30)22(33-15-17-9-7-13-32-17)24(34-23)25(29)27-14-16-8-3-6-12-20(16)31-2/h3-6,8,10-12,17H,7,9,13-15H2,1-2H3,(H,27,29). The molecule has 0 bridgehead atoms. The van der Waals surface area contributed by atoms with Crippen molar-refractivity contribution in [3.63, 3.8) is 0 Å². The van der Waals surface area contributed by atoms with Crippen LogP contribution in [0.1, 0.15) is 28.1 Å². The summed E-state index contributed by atoms with van der Waals surface area (Å²) in [6.07, 6.45) is 1.85. The Hall–Kier alpha value is -3.36. The van der Waals surface area contributed by atoms with E-state index >= 15 is 0 Å². The molecule has 1 atom stereocenters. The Bertz CT molecular complexity index is 1420. The summed E-state index contributed by atoms with van der Waals surface area (Å²) in [6.45, 7) is 1.30. The van der Waals surface area contributed by atoms with Crippen molar-refractivity contribution < 1.29 is 19.0 Å². The second kappa shape index (κ2) is 9.48. The number of thiophene rings is 1. The number of aromatic nitrogens is 1. The third kappa shape index (κ3) is 4.03. The number of carbonyl (C=O) groups is 1. The average molecular weight is 479 g/mol. The molecule has 5 rings (SSSR count). The molecule has 1 aliphatic rings. The maximum Gasteiger partial charge on any atom is 0.265 e. The number of aryl methyl sites for hydroxylation is 1. The minimum absolute atomic E-state index is 0.0382. The summed E-state index contributed by atoms with van der Waals surface area (Å²) in [5.74, 6) is 0.744. The highest BCUT2D eigenvalue weighted by molar-refractivity contribution is 7.22. The van der Waals surface area contributed by atoms with Gasteiger partial charge in [-0.25, -0.2) is 0 Å². The Morgan fingerprint density at radius 1 is 1.21 bits per heavy atom. The van der Waals surface area contributed by atoms with Gasteiger partial charge in [-0.1, -0.05) is 36.4 Å². The zero-order chi connectivity index (χ0) is 23.7. The number of carbonyl (C=O) groups excluding carboxylic acids is 1. The first kappa shape index (κ1) is 22.4. The molecule has 8 heteroatoms. The van der Waals surface area contributed by atoms with Gasteiger partial charge < -0.3 is 24.1 Å².